The van der Waals surface area contributed by atoms with Gasteiger partial charge in [-0.3, -0.25) is 4.90 Å². The van der Waals surface area contributed by atoms with Gasteiger partial charge in [0.1, 0.15) is 0 Å². The fraction of sp³-hybridized carbons (Fsp3) is 0.647. The summed E-state index contributed by atoms with van der Waals surface area (Å²) in [7, 11) is 2.18. The molecule has 0 aliphatic carbocycles. The summed E-state index contributed by atoms with van der Waals surface area (Å²) < 4.78 is 5.59. The van der Waals surface area contributed by atoms with Crippen LogP contribution in [-0.4, -0.2) is 43.8 Å². The first-order chi connectivity index (χ1) is 10.0. The van der Waals surface area contributed by atoms with Crippen LogP contribution in [-0.2, 0) is 11.2 Å². The van der Waals surface area contributed by atoms with Gasteiger partial charge in [0, 0.05) is 30.3 Å². The molecule has 2 rings (SSSR count). The normalized spacial score (nSPS) is 22.2. The molecule has 1 saturated heterocycles. The minimum atomic E-state index is -0.0364. The number of nitrogens with zero attached hydrogens (tertiary/aromatic N) is 1. The summed E-state index contributed by atoms with van der Waals surface area (Å²) in [5.74, 6) is 0.625. The van der Waals surface area contributed by atoms with Crippen LogP contribution in [0.2, 0.25) is 5.02 Å². The molecular weight excluding hydrogens is 284 g/mol. The van der Waals surface area contributed by atoms with Gasteiger partial charge in [-0.25, -0.2) is 0 Å². The van der Waals surface area contributed by atoms with Crippen LogP contribution in [0.5, 0.6) is 0 Å². The lowest BCUT2D eigenvalue weighted by molar-refractivity contribution is 0.0239. The molecule has 1 fully saturated rings. The highest BCUT2D eigenvalue weighted by molar-refractivity contribution is 6.30. The SMILES string of the molecule is CN(CC1CCCOC1)C(C)(CN)Cc1ccc(Cl)cc1. The number of benzene rings is 1. The highest BCUT2D eigenvalue weighted by Crippen LogP contribution is 2.23. The van der Waals surface area contributed by atoms with Crippen molar-refractivity contribution in [1.82, 2.24) is 4.90 Å². The molecule has 1 heterocycles. The number of ether oxygens (including phenoxy) is 1. The van der Waals surface area contributed by atoms with Crippen LogP contribution in [0.15, 0.2) is 24.3 Å². The lowest BCUT2D eigenvalue weighted by atomic mass is 9.89. The second-order valence-electron chi connectivity index (χ2n) is 6.47. The molecule has 2 atom stereocenters. The maximum atomic E-state index is 6.09. The predicted octanol–water partition coefficient (Wildman–Crippen LogP) is 2.96. The van der Waals surface area contributed by atoms with E-state index in [1.54, 1.807) is 0 Å². The molecule has 21 heavy (non-hydrogen) atoms. The molecule has 0 spiro atoms. The first-order valence-electron chi connectivity index (χ1n) is 7.77. The molecule has 0 amide bonds. The van der Waals surface area contributed by atoms with E-state index < -0.39 is 0 Å². The molecule has 1 aliphatic heterocycles. The highest BCUT2D eigenvalue weighted by Gasteiger charge is 2.30. The average molecular weight is 311 g/mol. The van der Waals surface area contributed by atoms with E-state index in [9.17, 15) is 0 Å². The third-order valence-corrected chi connectivity index (χ3v) is 4.90. The van der Waals surface area contributed by atoms with Crippen molar-refractivity contribution in [1.29, 1.82) is 0 Å². The Bertz CT molecular complexity index is 431. The summed E-state index contributed by atoms with van der Waals surface area (Å²) in [6.07, 6.45) is 3.37. The Morgan fingerprint density at radius 2 is 2.10 bits per heavy atom. The van der Waals surface area contributed by atoms with Crippen molar-refractivity contribution < 1.29 is 4.74 Å². The smallest absolute Gasteiger partial charge is 0.0506 e. The zero-order valence-corrected chi connectivity index (χ0v) is 13.9. The van der Waals surface area contributed by atoms with Gasteiger partial charge in [-0.05, 0) is 56.8 Å². The van der Waals surface area contributed by atoms with Crippen LogP contribution in [0.3, 0.4) is 0 Å². The molecule has 1 aliphatic rings. The molecule has 0 bridgehead atoms. The van der Waals surface area contributed by atoms with Gasteiger partial charge < -0.3 is 10.5 Å². The Kier molecular flexibility index (Phi) is 6.06. The van der Waals surface area contributed by atoms with Crippen molar-refractivity contribution in [2.45, 2.75) is 31.7 Å². The highest BCUT2D eigenvalue weighted by atomic mass is 35.5. The molecule has 2 unspecified atom stereocenters. The van der Waals surface area contributed by atoms with E-state index in [-0.39, 0.29) is 5.54 Å². The summed E-state index contributed by atoms with van der Waals surface area (Å²) in [4.78, 5) is 2.40. The van der Waals surface area contributed by atoms with Gasteiger partial charge in [-0.1, -0.05) is 23.7 Å². The zero-order chi connectivity index (χ0) is 15.3. The topological polar surface area (TPSA) is 38.5 Å². The van der Waals surface area contributed by atoms with Crippen LogP contribution >= 0.6 is 11.6 Å². The Balaban J connectivity index is 1.99. The van der Waals surface area contributed by atoms with Crippen LogP contribution in [0.25, 0.3) is 0 Å². The van der Waals surface area contributed by atoms with Gasteiger partial charge in [0.05, 0.1) is 6.61 Å². The summed E-state index contributed by atoms with van der Waals surface area (Å²) in [5, 5.41) is 0.779. The van der Waals surface area contributed by atoms with E-state index in [1.807, 2.05) is 12.1 Å². The summed E-state index contributed by atoms with van der Waals surface area (Å²) in [5.41, 5.74) is 7.33. The lowest BCUT2D eigenvalue weighted by Gasteiger charge is -2.40. The van der Waals surface area contributed by atoms with E-state index in [0.717, 1.165) is 31.2 Å². The van der Waals surface area contributed by atoms with E-state index in [4.69, 9.17) is 22.1 Å². The monoisotopic (exact) mass is 310 g/mol. The third kappa shape index (κ3) is 4.68. The van der Waals surface area contributed by atoms with Crippen LogP contribution < -0.4 is 5.73 Å². The van der Waals surface area contributed by atoms with Crippen molar-refractivity contribution in [2.24, 2.45) is 11.7 Å². The first-order valence-corrected chi connectivity index (χ1v) is 8.15. The van der Waals surface area contributed by atoms with Gasteiger partial charge in [0.2, 0.25) is 0 Å². The van der Waals surface area contributed by atoms with Crippen LogP contribution in [0.1, 0.15) is 25.3 Å². The maximum Gasteiger partial charge on any atom is 0.0506 e. The van der Waals surface area contributed by atoms with Gasteiger partial charge in [0.15, 0.2) is 0 Å². The van der Waals surface area contributed by atoms with E-state index in [1.165, 1.54) is 18.4 Å². The Morgan fingerprint density at radius 3 is 2.67 bits per heavy atom. The first kappa shape index (κ1) is 16.8. The standard InChI is InChI=1S/C17H27ClN2O/c1-17(13-19,10-14-5-7-16(18)8-6-14)20(2)11-15-4-3-9-21-12-15/h5-8,15H,3-4,9-13,19H2,1-2H3. The average Bonchev–Trinajstić information content (AvgIpc) is 2.50. The third-order valence-electron chi connectivity index (χ3n) is 4.65. The van der Waals surface area contributed by atoms with Crippen molar-refractivity contribution in [3.05, 3.63) is 34.9 Å². The number of hydrogen-bond acceptors (Lipinski definition) is 3. The maximum absolute atomic E-state index is 6.09. The second-order valence-corrected chi connectivity index (χ2v) is 6.90. The molecule has 0 aromatic heterocycles. The largest absolute Gasteiger partial charge is 0.381 e. The van der Waals surface area contributed by atoms with Crippen molar-refractivity contribution in [3.8, 4) is 0 Å². The Hall–Kier alpha value is -0.610. The molecule has 1 aromatic carbocycles. The fourth-order valence-electron chi connectivity index (χ4n) is 2.96. The number of nitrogens with two attached hydrogens (primary N) is 1. The molecule has 0 saturated carbocycles. The number of rotatable bonds is 6. The van der Waals surface area contributed by atoms with Gasteiger partial charge in [-0.2, -0.15) is 0 Å². The van der Waals surface area contributed by atoms with Gasteiger partial charge in [-0.15, -0.1) is 0 Å². The quantitative estimate of drug-likeness (QED) is 0.878. The fourth-order valence-corrected chi connectivity index (χ4v) is 3.09. The molecule has 0 radical (unpaired) electrons. The summed E-state index contributed by atoms with van der Waals surface area (Å²) in [6, 6.07) is 8.08. The van der Waals surface area contributed by atoms with E-state index in [2.05, 4.69) is 31.0 Å². The van der Waals surface area contributed by atoms with Crippen molar-refractivity contribution in [2.75, 3.05) is 33.4 Å². The Labute approximate surface area is 133 Å². The molecule has 3 nitrogen and oxygen atoms in total. The lowest BCUT2D eigenvalue weighted by Crippen LogP contribution is -2.53. The van der Waals surface area contributed by atoms with Gasteiger partial charge in [0.25, 0.3) is 0 Å². The van der Waals surface area contributed by atoms with Crippen LogP contribution in [0, 0.1) is 5.92 Å². The second kappa shape index (κ2) is 7.59. The minimum absolute atomic E-state index is 0.0364. The Morgan fingerprint density at radius 1 is 1.38 bits per heavy atom. The predicted molar refractivity (Wildman–Crippen MR) is 88.8 cm³/mol. The minimum Gasteiger partial charge on any atom is -0.381 e. The molecule has 1 aromatic rings. The number of halogens is 1. The van der Waals surface area contributed by atoms with Crippen molar-refractivity contribution >= 4 is 11.6 Å². The molecule has 4 heteroatoms. The van der Waals surface area contributed by atoms with Gasteiger partial charge >= 0.3 is 0 Å². The van der Waals surface area contributed by atoms with Crippen LogP contribution in [0.4, 0.5) is 0 Å². The molecule has 118 valence electrons. The number of hydrogen-bond donors (Lipinski definition) is 1. The summed E-state index contributed by atoms with van der Waals surface area (Å²) >= 11 is 5.96. The van der Waals surface area contributed by atoms with E-state index >= 15 is 0 Å². The van der Waals surface area contributed by atoms with E-state index in [0.29, 0.717) is 12.5 Å². The van der Waals surface area contributed by atoms with Crippen molar-refractivity contribution in [3.63, 3.8) is 0 Å². The zero-order valence-electron chi connectivity index (χ0n) is 13.1. The molecular formula is C17H27ClN2O. The summed E-state index contributed by atoms with van der Waals surface area (Å²) in [6.45, 7) is 5.72. The molecule has 2 N–H and O–H groups in total. The number of likely N-dealkylation sites (N-methyl/N-ethyl adjacent to an activating group) is 1.